The number of allylic oxidation sites excluding steroid dienone is 4. The lowest BCUT2D eigenvalue weighted by atomic mass is 10.0. The summed E-state index contributed by atoms with van der Waals surface area (Å²) >= 11 is 0. The predicted octanol–water partition coefficient (Wildman–Crippen LogP) is 27.6. The molecule has 2 unspecified atom stereocenters. The second-order valence-corrected chi connectivity index (χ2v) is 28.8. The van der Waals surface area contributed by atoms with Crippen LogP contribution in [0, 0.1) is 0 Å². The summed E-state index contributed by atoms with van der Waals surface area (Å²) in [6.07, 6.45) is 103. The highest BCUT2D eigenvalue weighted by molar-refractivity contribution is 5.76. The monoisotopic (exact) mass is 1270 g/mol. The Kier molecular flexibility index (Phi) is 78.3. The number of carbonyl (C=O) groups excluding carboxylic acids is 2. The van der Waals surface area contributed by atoms with Gasteiger partial charge >= 0.3 is 5.97 Å². The Bertz CT molecular complexity index is 1410. The molecule has 0 fully saturated rings. The minimum absolute atomic E-state index is 0.0145. The molecule has 1 amide bonds. The summed E-state index contributed by atoms with van der Waals surface area (Å²) < 4.78 is 5.51. The standard InChI is InChI=1S/C84H163NO5/c1-3-5-7-9-11-13-15-17-19-21-23-24-25-35-38-41-44-48-52-56-60-64-68-72-76-82(87)81(80-86)85-83(88)77-73-69-65-61-57-53-49-45-42-39-36-33-31-29-27-26-28-30-32-34-37-40-43-47-51-55-59-63-67-71-75-79-90-84(89)78-74-70-66-62-58-54-50-46-22-20-18-16-14-12-10-8-6-4-2/h14,16,20,22,81-82,86-87H,3-13,15,17-19,21,23-80H2,1-2H3,(H,85,88)/b16-14-,22-20-. The van der Waals surface area contributed by atoms with E-state index in [0.717, 1.165) is 51.4 Å². The minimum Gasteiger partial charge on any atom is -0.466 e. The molecule has 0 heterocycles. The first-order valence-electron chi connectivity index (χ1n) is 41.6. The summed E-state index contributed by atoms with van der Waals surface area (Å²) in [5.41, 5.74) is 0. The van der Waals surface area contributed by atoms with E-state index in [0.29, 0.717) is 25.9 Å². The van der Waals surface area contributed by atoms with E-state index in [1.165, 1.54) is 392 Å². The summed E-state index contributed by atoms with van der Waals surface area (Å²) in [6.45, 7) is 4.99. The normalized spacial score (nSPS) is 12.5. The van der Waals surface area contributed by atoms with Crippen LogP contribution < -0.4 is 5.32 Å². The molecule has 0 radical (unpaired) electrons. The number of amides is 1. The van der Waals surface area contributed by atoms with Crippen LogP contribution in [0.2, 0.25) is 0 Å². The van der Waals surface area contributed by atoms with E-state index >= 15 is 0 Å². The third-order valence-electron chi connectivity index (χ3n) is 19.8. The van der Waals surface area contributed by atoms with Crippen LogP contribution in [0.1, 0.15) is 476 Å². The van der Waals surface area contributed by atoms with Gasteiger partial charge in [0.25, 0.3) is 0 Å². The van der Waals surface area contributed by atoms with Crippen molar-refractivity contribution in [1.29, 1.82) is 0 Å². The first kappa shape index (κ1) is 88.3. The van der Waals surface area contributed by atoms with Gasteiger partial charge < -0.3 is 20.3 Å². The van der Waals surface area contributed by atoms with Crippen LogP contribution >= 0.6 is 0 Å². The van der Waals surface area contributed by atoms with Crippen LogP contribution in [-0.2, 0) is 14.3 Å². The maximum Gasteiger partial charge on any atom is 0.305 e. The quantitative estimate of drug-likeness (QED) is 0.0320. The molecular formula is C84H163NO5. The average molecular weight is 1270 g/mol. The van der Waals surface area contributed by atoms with E-state index in [1.54, 1.807) is 0 Å². The van der Waals surface area contributed by atoms with Gasteiger partial charge in [-0.3, -0.25) is 9.59 Å². The van der Waals surface area contributed by atoms with Crippen molar-refractivity contribution in [2.75, 3.05) is 13.2 Å². The number of nitrogens with one attached hydrogen (secondary N) is 1. The fourth-order valence-electron chi connectivity index (χ4n) is 13.4. The zero-order valence-corrected chi connectivity index (χ0v) is 61.4. The molecular weight excluding hydrogens is 1100 g/mol. The zero-order chi connectivity index (χ0) is 64.9. The summed E-state index contributed by atoms with van der Waals surface area (Å²) in [5, 5.41) is 23.5. The Morgan fingerprint density at radius 2 is 0.556 bits per heavy atom. The van der Waals surface area contributed by atoms with E-state index in [9.17, 15) is 19.8 Å². The highest BCUT2D eigenvalue weighted by atomic mass is 16.5. The van der Waals surface area contributed by atoms with Crippen LogP contribution in [-0.4, -0.2) is 47.4 Å². The van der Waals surface area contributed by atoms with Gasteiger partial charge in [-0.1, -0.05) is 430 Å². The van der Waals surface area contributed by atoms with Crippen molar-refractivity contribution in [1.82, 2.24) is 5.32 Å². The number of hydrogen-bond acceptors (Lipinski definition) is 5. The van der Waals surface area contributed by atoms with E-state index in [4.69, 9.17) is 4.74 Å². The van der Waals surface area contributed by atoms with Crippen molar-refractivity contribution in [3.8, 4) is 0 Å². The first-order valence-corrected chi connectivity index (χ1v) is 41.6. The largest absolute Gasteiger partial charge is 0.466 e. The fraction of sp³-hybridized carbons (Fsp3) is 0.929. The lowest BCUT2D eigenvalue weighted by Gasteiger charge is -2.22. The molecule has 0 aliphatic carbocycles. The maximum absolute atomic E-state index is 12.6. The topological polar surface area (TPSA) is 95.9 Å². The molecule has 0 saturated heterocycles. The Morgan fingerprint density at radius 3 is 0.856 bits per heavy atom. The molecule has 0 spiro atoms. The summed E-state index contributed by atoms with van der Waals surface area (Å²) in [4.78, 5) is 24.7. The fourth-order valence-corrected chi connectivity index (χ4v) is 13.4. The number of aliphatic hydroxyl groups is 2. The number of ether oxygens (including phenoxy) is 1. The Balaban J connectivity index is 3.33. The number of rotatable bonds is 79. The van der Waals surface area contributed by atoms with Gasteiger partial charge in [0.05, 0.1) is 25.4 Å². The smallest absolute Gasteiger partial charge is 0.305 e. The molecule has 0 rings (SSSR count). The van der Waals surface area contributed by atoms with Gasteiger partial charge in [-0.25, -0.2) is 0 Å². The van der Waals surface area contributed by atoms with E-state index in [2.05, 4.69) is 43.5 Å². The van der Waals surface area contributed by atoms with Crippen molar-refractivity contribution < 1.29 is 24.5 Å². The van der Waals surface area contributed by atoms with Crippen LogP contribution in [0.5, 0.6) is 0 Å². The van der Waals surface area contributed by atoms with Gasteiger partial charge in [-0.15, -0.1) is 0 Å². The molecule has 0 aliphatic heterocycles. The number of unbranched alkanes of at least 4 members (excludes halogenated alkanes) is 64. The lowest BCUT2D eigenvalue weighted by Crippen LogP contribution is -2.45. The SMILES string of the molecule is CCCCCC/C=C\C/C=C\CCCCCCCCCC(=O)OCCCCCCCCCCCCCCCCCCCCCCCCCCCCCCCCCC(=O)NC(CO)C(O)CCCCCCCCCCCCCCCCCCCCCCCCCC. The molecule has 0 aromatic heterocycles. The van der Waals surface area contributed by atoms with Gasteiger partial charge in [-0.05, 0) is 57.8 Å². The molecule has 6 nitrogen and oxygen atoms in total. The van der Waals surface area contributed by atoms with Gasteiger partial charge in [0, 0.05) is 12.8 Å². The maximum atomic E-state index is 12.6. The van der Waals surface area contributed by atoms with E-state index in [-0.39, 0.29) is 18.5 Å². The number of esters is 1. The predicted molar refractivity (Wildman–Crippen MR) is 398 cm³/mol. The zero-order valence-electron chi connectivity index (χ0n) is 61.4. The van der Waals surface area contributed by atoms with E-state index in [1.807, 2.05) is 0 Å². The van der Waals surface area contributed by atoms with Crippen LogP contribution in [0.4, 0.5) is 0 Å². The second-order valence-electron chi connectivity index (χ2n) is 28.8. The highest BCUT2D eigenvalue weighted by Gasteiger charge is 2.20. The van der Waals surface area contributed by atoms with Gasteiger partial charge in [0.2, 0.25) is 5.91 Å². The van der Waals surface area contributed by atoms with Crippen LogP contribution in [0.25, 0.3) is 0 Å². The number of aliphatic hydroxyl groups excluding tert-OH is 2. The number of hydrogen-bond donors (Lipinski definition) is 3. The van der Waals surface area contributed by atoms with E-state index < -0.39 is 12.1 Å². The minimum atomic E-state index is -0.663. The molecule has 0 bridgehead atoms. The van der Waals surface area contributed by atoms with Crippen molar-refractivity contribution in [3.63, 3.8) is 0 Å². The molecule has 0 aromatic rings. The third kappa shape index (κ3) is 75.4. The summed E-state index contributed by atoms with van der Waals surface area (Å²) in [6, 6.07) is -0.540. The van der Waals surface area contributed by atoms with Crippen molar-refractivity contribution in [3.05, 3.63) is 24.3 Å². The van der Waals surface area contributed by atoms with Gasteiger partial charge in [0.15, 0.2) is 0 Å². The van der Waals surface area contributed by atoms with Crippen molar-refractivity contribution in [2.24, 2.45) is 0 Å². The molecule has 90 heavy (non-hydrogen) atoms. The second kappa shape index (κ2) is 79.8. The highest BCUT2D eigenvalue weighted by Crippen LogP contribution is 2.21. The van der Waals surface area contributed by atoms with Crippen molar-refractivity contribution in [2.45, 2.75) is 488 Å². The summed E-state index contributed by atoms with van der Waals surface area (Å²) in [7, 11) is 0. The summed E-state index contributed by atoms with van der Waals surface area (Å²) in [5.74, 6) is -0.0101. The molecule has 0 aliphatic rings. The van der Waals surface area contributed by atoms with Crippen LogP contribution in [0.15, 0.2) is 24.3 Å². The number of carbonyl (C=O) groups is 2. The third-order valence-corrected chi connectivity index (χ3v) is 19.8. The van der Waals surface area contributed by atoms with Gasteiger partial charge in [-0.2, -0.15) is 0 Å². The molecule has 3 N–H and O–H groups in total. The van der Waals surface area contributed by atoms with Crippen LogP contribution in [0.3, 0.4) is 0 Å². The van der Waals surface area contributed by atoms with Crippen molar-refractivity contribution >= 4 is 11.9 Å². The Morgan fingerprint density at radius 1 is 0.311 bits per heavy atom. The Labute approximate surface area is 564 Å². The lowest BCUT2D eigenvalue weighted by molar-refractivity contribution is -0.143. The average Bonchev–Trinajstić information content (AvgIpc) is 3.72. The molecule has 534 valence electrons. The molecule has 0 saturated carbocycles. The van der Waals surface area contributed by atoms with Gasteiger partial charge in [0.1, 0.15) is 0 Å². The first-order chi connectivity index (χ1) is 44.5. The molecule has 6 heteroatoms. The Hall–Kier alpha value is -1.66. The molecule has 0 aromatic carbocycles. The molecule has 2 atom stereocenters.